The molecule has 7 nitrogen and oxygen atoms in total. The van der Waals surface area contributed by atoms with E-state index in [2.05, 4.69) is 56.7 Å². The molecule has 1 aromatic carbocycles. The van der Waals surface area contributed by atoms with Crippen LogP contribution in [0.5, 0.6) is 0 Å². The van der Waals surface area contributed by atoms with Gasteiger partial charge in [-0.05, 0) is 11.8 Å². The van der Waals surface area contributed by atoms with Crippen molar-refractivity contribution in [1.82, 2.24) is 20.0 Å². The third-order valence-corrected chi connectivity index (χ3v) is 6.01. The number of amides is 1. The van der Waals surface area contributed by atoms with E-state index in [1.165, 1.54) is 5.56 Å². The average molecular weight is 420 g/mol. The highest BCUT2D eigenvalue weighted by Crippen LogP contribution is 2.24. The summed E-state index contributed by atoms with van der Waals surface area (Å²) in [4.78, 5) is 23.0. The molecule has 0 bridgehead atoms. The number of nitrogens with one attached hydrogen (secondary N) is 1. The molecule has 2 aliphatic heterocycles. The van der Waals surface area contributed by atoms with Gasteiger partial charge >= 0.3 is 0 Å². The molecule has 0 saturated carbocycles. The lowest BCUT2D eigenvalue weighted by Crippen LogP contribution is -2.50. The maximum Gasteiger partial charge on any atom is 0.243 e. The average Bonchev–Trinajstić information content (AvgIpc) is 3.16. The summed E-state index contributed by atoms with van der Waals surface area (Å²) in [7, 11) is 3.52. The zero-order chi connectivity index (χ0) is 20.6. The molecule has 2 fully saturated rings. The Kier molecular flexibility index (Phi) is 8.20. The molecule has 2 aliphatic rings. The van der Waals surface area contributed by atoms with E-state index in [4.69, 9.17) is 4.74 Å². The van der Waals surface area contributed by atoms with Crippen LogP contribution >= 0.6 is 11.8 Å². The SMILES string of the molecule is CSCCNC(=NCC(=O)N(C)C)N1CC2OCCN(Cc3ccccc3)C2C1. The van der Waals surface area contributed by atoms with Crippen LogP contribution in [0, 0.1) is 0 Å². The van der Waals surface area contributed by atoms with Gasteiger partial charge in [0.2, 0.25) is 5.91 Å². The summed E-state index contributed by atoms with van der Waals surface area (Å²) < 4.78 is 6.09. The first-order chi connectivity index (χ1) is 14.1. The van der Waals surface area contributed by atoms with Crippen molar-refractivity contribution in [3.63, 3.8) is 0 Å². The van der Waals surface area contributed by atoms with E-state index in [1.807, 2.05) is 0 Å². The third-order valence-electron chi connectivity index (χ3n) is 5.40. The normalized spacial score (nSPS) is 22.4. The van der Waals surface area contributed by atoms with Gasteiger partial charge in [0.25, 0.3) is 0 Å². The van der Waals surface area contributed by atoms with E-state index in [0.29, 0.717) is 6.04 Å². The van der Waals surface area contributed by atoms with Gasteiger partial charge in [-0.15, -0.1) is 0 Å². The molecule has 2 saturated heterocycles. The number of guanidine groups is 1. The number of likely N-dealkylation sites (N-methyl/N-ethyl adjacent to an activating group) is 1. The molecule has 0 spiro atoms. The topological polar surface area (TPSA) is 60.4 Å². The van der Waals surface area contributed by atoms with Crippen molar-refractivity contribution < 1.29 is 9.53 Å². The molecular formula is C21H33N5O2S. The van der Waals surface area contributed by atoms with Crippen LogP contribution in [0.2, 0.25) is 0 Å². The number of hydrogen-bond donors (Lipinski definition) is 1. The summed E-state index contributed by atoms with van der Waals surface area (Å²) >= 11 is 1.79. The summed E-state index contributed by atoms with van der Waals surface area (Å²) in [6.07, 6.45) is 2.26. The maximum absolute atomic E-state index is 12.0. The van der Waals surface area contributed by atoms with E-state index in [1.54, 1.807) is 30.8 Å². The first-order valence-corrected chi connectivity index (χ1v) is 11.6. The Bertz CT molecular complexity index is 685. The first-order valence-electron chi connectivity index (χ1n) is 10.2. The standard InChI is InChI=1S/C21H33N5O2S/c1-24(2)20(27)13-23-21(22-9-12-29-3)26-15-18-19(16-26)28-11-10-25(18)14-17-7-5-4-6-8-17/h4-8,18-19H,9-16H2,1-3H3,(H,22,23). The lowest BCUT2D eigenvalue weighted by atomic mass is 10.1. The number of rotatable bonds is 7. The molecule has 0 aromatic heterocycles. The fourth-order valence-electron chi connectivity index (χ4n) is 3.76. The summed E-state index contributed by atoms with van der Waals surface area (Å²) in [5, 5.41) is 3.44. The van der Waals surface area contributed by atoms with Crippen molar-refractivity contribution in [2.45, 2.75) is 18.7 Å². The number of morpholine rings is 1. The summed E-state index contributed by atoms with van der Waals surface area (Å²) in [6, 6.07) is 10.9. The quantitative estimate of drug-likeness (QED) is 0.404. The molecule has 2 heterocycles. The molecule has 2 atom stereocenters. The second-order valence-corrected chi connectivity index (χ2v) is 8.67. The van der Waals surface area contributed by atoms with Gasteiger partial charge in [-0.3, -0.25) is 9.69 Å². The lowest BCUT2D eigenvalue weighted by Gasteiger charge is -2.36. The highest BCUT2D eigenvalue weighted by molar-refractivity contribution is 7.98. The van der Waals surface area contributed by atoms with Crippen LogP contribution in [0.4, 0.5) is 0 Å². The Hall–Kier alpha value is -1.77. The van der Waals surface area contributed by atoms with Crippen LogP contribution in [-0.4, -0.2) is 104 Å². The number of aliphatic imine (C=N–C) groups is 1. The van der Waals surface area contributed by atoms with Gasteiger partial charge in [-0.25, -0.2) is 4.99 Å². The smallest absolute Gasteiger partial charge is 0.243 e. The number of carbonyl (C=O) groups excluding carboxylic acids is 1. The van der Waals surface area contributed by atoms with Gasteiger partial charge < -0.3 is 19.9 Å². The molecule has 1 aromatic rings. The minimum atomic E-state index is 0.00716. The van der Waals surface area contributed by atoms with Crippen LogP contribution in [0.25, 0.3) is 0 Å². The van der Waals surface area contributed by atoms with Crippen LogP contribution in [0.15, 0.2) is 35.3 Å². The third kappa shape index (κ3) is 6.10. The minimum Gasteiger partial charge on any atom is -0.373 e. The van der Waals surface area contributed by atoms with E-state index in [0.717, 1.165) is 51.0 Å². The summed E-state index contributed by atoms with van der Waals surface area (Å²) in [5.41, 5.74) is 1.33. The van der Waals surface area contributed by atoms with Gasteiger partial charge in [0.15, 0.2) is 5.96 Å². The molecule has 29 heavy (non-hydrogen) atoms. The number of thioether (sulfide) groups is 1. The molecule has 1 N–H and O–H groups in total. The number of hydrogen-bond acceptors (Lipinski definition) is 5. The van der Waals surface area contributed by atoms with Gasteiger partial charge in [0.1, 0.15) is 6.54 Å². The lowest BCUT2D eigenvalue weighted by molar-refractivity contribution is -0.127. The predicted octanol–water partition coefficient (Wildman–Crippen LogP) is 0.968. The van der Waals surface area contributed by atoms with Gasteiger partial charge in [-0.1, -0.05) is 30.3 Å². The zero-order valence-electron chi connectivity index (χ0n) is 17.7. The molecule has 3 rings (SSSR count). The van der Waals surface area contributed by atoms with E-state index < -0.39 is 0 Å². The number of carbonyl (C=O) groups is 1. The first kappa shape index (κ1) is 21.9. The van der Waals surface area contributed by atoms with Gasteiger partial charge in [0, 0.05) is 52.6 Å². The second-order valence-electron chi connectivity index (χ2n) is 7.69. The molecule has 160 valence electrons. The number of fused-ring (bicyclic) bond motifs is 1. The fourth-order valence-corrected chi connectivity index (χ4v) is 4.07. The zero-order valence-corrected chi connectivity index (χ0v) is 18.5. The number of ether oxygens (including phenoxy) is 1. The largest absolute Gasteiger partial charge is 0.373 e. The van der Waals surface area contributed by atoms with E-state index >= 15 is 0 Å². The Labute approximate surface area is 178 Å². The summed E-state index contributed by atoms with van der Waals surface area (Å²) in [6.45, 7) is 5.29. The van der Waals surface area contributed by atoms with Crippen LogP contribution in [0.1, 0.15) is 5.56 Å². The van der Waals surface area contributed by atoms with Crippen molar-refractivity contribution >= 4 is 23.6 Å². The Morgan fingerprint density at radius 1 is 1.31 bits per heavy atom. The number of nitrogens with zero attached hydrogens (tertiary/aromatic N) is 4. The molecule has 2 unspecified atom stereocenters. The van der Waals surface area contributed by atoms with Crippen molar-refractivity contribution in [2.24, 2.45) is 4.99 Å². The molecule has 0 aliphatic carbocycles. The molecule has 0 radical (unpaired) electrons. The predicted molar refractivity (Wildman–Crippen MR) is 119 cm³/mol. The molecule has 1 amide bonds. The van der Waals surface area contributed by atoms with Crippen molar-refractivity contribution in [3.05, 3.63) is 35.9 Å². The van der Waals surface area contributed by atoms with Crippen molar-refractivity contribution in [3.8, 4) is 0 Å². The van der Waals surface area contributed by atoms with Crippen LogP contribution in [0.3, 0.4) is 0 Å². The van der Waals surface area contributed by atoms with Crippen molar-refractivity contribution in [1.29, 1.82) is 0 Å². The highest BCUT2D eigenvalue weighted by Gasteiger charge is 2.41. The monoisotopic (exact) mass is 419 g/mol. The number of benzene rings is 1. The molecular weight excluding hydrogens is 386 g/mol. The minimum absolute atomic E-state index is 0.00716. The summed E-state index contributed by atoms with van der Waals surface area (Å²) in [5.74, 6) is 1.82. The van der Waals surface area contributed by atoms with Crippen molar-refractivity contribution in [2.75, 3.05) is 65.4 Å². The Morgan fingerprint density at radius 3 is 2.83 bits per heavy atom. The highest BCUT2D eigenvalue weighted by atomic mass is 32.2. The van der Waals surface area contributed by atoms with Crippen LogP contribution in [-0.2, 0) is 16.1 Å². The van der Waals surface area contributed by atoms with E-state index in [9.17, 15) is 4.79 Å². The maximum atomic E-state index is 12.0. The number of likely N-dealkylation sites (tertiary alicyclic amines) is 1. The second kappa shape index (κ2) is 10.8. The van der Waals surface area contributed by atoms with Gasteiger partial charge in [-0.2, -0.15) is 11.8 Å². The molecule has 8 heteroatoms. The Balaban J connectivity index is 1.67. The van der Waals surface area contributed by atoms with Gasteiger partial charge in [0.05, 0.1) is 18.8 Å². The fraction of sp³-hybridized carbons (Fsp3) is 0.619. The van der Waals surface area contributed by atoms with E-state index in [-0.39, 0.29) is 18.6 Å². The van der Waals surface area contributed by atoms with Crippen LogP contribution < -0.4 is 5.32 Å². The Morgan fingerprint density at radius 2 is 2.10 bits per heavy atom.